The molecule has 0 aliphatic rings. The van der Waals surface area contributed by atoms with Crippen LogP contribution >= 0.6 is 0 Å². The predicted octanol–water partition coefficient (Wildman–Crippen LogP) is 4.56. The van der Waals surface area contributed by atoms with Gasteiger partial charge in [0.15, 0.2) is 0 Å². The van der Waals surface area contributed by atoms with Gasteiger partial charge in [0.1, 0.15) is 5.82 Å². The molecule has 20 heavy (non-hydrogen) atoms. The standard InChI is InChI=1S/C17H15FN2/c1-11(2)14-9-12-6-7-13(18)10-16(12)20-17(14)15-5-3-4-8-19-15/h3-11H,1-2H3. The molecule has 2 heterocycles. The minimum atomic E-state index is -0.269. The van der Waals surface area contributed by atoms with E-state index in [9.17, 15) is 4.39 Å². The van der Waals surface area contributed by atoms with Gasteiger partial charge in [-0.1, -0.05) is 19.9 Å². The van der Waals surface area contributed by atoms with E-state index in [1.54, 1.807) is 12.3 Å². The zero-order valence-electron chi connectivity index (χ0n) is 11.5. The van der Waals surface area contributed by atoms with Crippen LogP contribution in [0.25, 0.3) is 22.3 Å². The number of benzene rings is 1. The lowest BCUT2D eigenvalue weighted by Gasteiger charge is -2.13. The van der Waals surface area contributed by atoms with Gasteiger partial charge in [-0.25, -0.2) is 9.37 Å². The van der Waals surface area contributed by atoms with Crippen molar-refractivity contribution < 1.29 is 4.39 Å². The minimum Gasteiger partial charge on any atom is -0.255 e. The topological polar surface area (TPSA) is 25.8 Å². The second-order valence-corrected chi connectivity index (χ2v) is 5.13. The van der Waals surface area contributed by atoms with Crippen molar-refractivity contribution in [3.8, 4) is 11.4 Å². The molecular formula is C17H15FN2. The van der Waals surface area contributed by atoms with Crippen LogP contribution in [0.5, 0.6) is 0 Å². The third-order valence-electron chi connectivity index (χ3n) is 3.34. The normalized spacial score (nSPS) is 11.2. The Morgan fingerprint density at radius 3 is 2.60 bits per heavy atom. The van der Waals surface area contributed by atoms with Gasteiger partial charge in [-0.2, -0.15) is 0 Å². The van der Waals surface area contributed by atoms with Crippen molar-refractivity contribution in [1.29, 1.82) is 0 Å². The van der Waals surface area contributed by atoms with Crippen LogP contribution in [0.1, 0.15) is 25.3 Å². The number of fused-ring (bicyclic) bond motifs is 1. The molecule has 0 N–H and O–H groups in total. The van der Waals surface area contributed by atoms with E-state index in [1.165, 1.54) is 12.1 Å². The SMILES string of the molecule is CC(C)c1cc2ccc(F)cc2nc1-c1ccccn1. The van der Waals surface area contributed by atoms with E-state index in [4.69, 9.17) is 0 Å². The zero-order chi connectivity index (χ0) is 14.1. The average molecular weight is 266 g/mol. The predicted molar refractivity (Wildman–Crippen MR) is 79.0 cm³/mol. The first-order valence-electron chi connectivity index (χ1n) is 6.67. The lowest BCUT2D eigenvalue weighted by molar-refractivity contribution is 0.629. The highest BCUT2D eigenvalue weighted by atomic mass is 19.1. The summed E-state index contributed by atoms with van der Waals surface area (Å²) in [6, 6.07) is 12.5. The van der Waals surface area contributed by atoms with E-state index in [1.807, 2.05) is 18.2 Å². The number of nitrogens with zero attached hydrogens (tertiary/aromatic N) is 2. The summed E-state index contributed by atoms with van der Waals surface area (Å²) in [7, 11) is 0. The van der Waals surface area contributed by atoms with E-state index < -0.39 is 0 Å². The highest BCUT2D eigenvalue weighted by Gasteiger charge is 2.13. The van der Waals surface area contributed by atoms with Gasteiger partial charge in [-0.3, -0.25) is 4.98 Å². The molecule has 3 heteroatoms. The molecule has 2 aromatic heterocycles. The first kappa shape index (κ1) is 12.7. The van der Waals surface area contributed by atoms with Crippen LogP contribution < -0.4 is 0 Å². The van der Waals surface area contributed by atoms with Gasteiger partial charge in [0.2, 0.25) is 0 Å². The fourth-order valence-electron chi connectivity index (χ4n) is 2.30. The molecular weight excluding hydrogens is 251 g/mol. The molecule has 0 radical (unpaired) electrons. The average Bonchev–Trinajstić information content (AvgIpc) is 2.46. The summed E-state index contributed by atoms with van der Waals surface area (Å²) >= 11 is 0. The summed E-state index contributed by atoms with van der Waals surface area (Å²) in [6.07, 6.45) is 1.75. The molecule has 0 aliphatic heterocycles. The van der Waals surface area contributed by atoms with Crippen molar-refractivity contribution in [2.45, 2.75) is 19.8 Å². The Hall–Kier alpha value is -2.29. The highest BCUT2D eigenvalue weighted by Crippen LogP contribution is 2.29. The second-order valence-electron chi connectivity index (χ2n) is 5.13. The van der Waals surface area contributed by atoms with Crippen LogP contribution in [0.3, 0.4) is 0 Å². The van der Waals surface area contributed by atoms with E-state index >= 15 is 0 Å². The van der Waals surface area contributed by atoms with Crippen molar-refractivity contribution in [2.24, 2.45) is 0 Å². The molecule has 0 spiro atoms. The molecule has 1 aromatic carbocycles. The number of rotatable bonds is 2. The summed E-state index contributed by atoms with van der Waals surface area (Å²) in [5.74, 6) is 0.0585. The molecule has 0 saturated carbocycles. The maximum atomic E-state index is 13.4. The van der Waals surface area contributed by atoms with Crippen LogP contribution in [-0.2, 0) is 0 Å². The number of halogens is 1. The molecule has 2 nitrogen and oxygen atoms in total. The Balaban J connectivity index is 2.30. The summed E-state index contributed by atoms with van der Waals surface area (Å²) in [5.41, 5.74) is 3.44. The smallest absolute Gasteiger partial charge is 0.125 e. The molecule has 0 atom stereocenters. The van der Waals surface area contributed by atoms with E-state index in [-0.39, 0.29) is 5.82 Å². The van der Waals surface area contributed by atoms with Crippen LogP contribution in [0, 0.1) is 5.82 Å². The molecule has 0 saturated heterocycles. The van der Waals surface area contributed by atoms with Crippen molar-refractivity contribution in [1.82, 2.24) is 9.97 Å². The van der Waals surface area contributed by atoms with Gasteiger partial charge >= 0.3 is 0 Å². The largest absolute Gasteiger partial charge is 0.255 e. The molecule has 0 unspecified atom stereocenters. The van der Waals surface area contributed by atoms with Gasteiger partial charge in [0.25, 0.3) is 0 Å². The lowest BCUT2D eigenvalue weighted by atomic mass is 9.97. The van der Waals surface area contributed by atoms with E-state index in [0.29, 0.717) is 11.4 Å². The van der Waals surface area contributed by atoms with Crippen molar-refractivity contribution >= 4 is 10.9 Å². The van der Waals surface area contributed by atoms with Gasteiger partial charge in [-0.15, -0.1) is 0 Å². The maximum absolute atomic E-state index is 13.4. The highest BCUT2D eigenvalue weighted by molar-refractivity contribution is 5.83. The third kappa shape index (κ3) is 2.27. The fourth-order valence-corrected chi connectivity index (χ4v) is 2.30. The van der Waals surface area contributed by atoms with Gasteiger partial charge in [0, 0.05) is 17.6 Å². The Morgan fingerprint density at radius 1 is 1.05 bits per heavy atom. The van der Waals surface area contributed by atoms with E-state index in [2.05, 4.69) is 29.9 Å². The summed E-state index contributed by atoms with van der Waals surface area (Å²) < 4.78 is 13.4. The fraction of sp³-hybridized carbons (Fsp3) is 0.176. The van der Waals surface area contributed by atoms with Crippen molar-refractivity contribution in [2.75, 3.05) is 0 Å². The first-order valence-corrected chi connectivity index (χ1v) is 6.67. The number of hydrogen-bond acceptors (Lipinski definition) is 2. The van der Waals surface area contributed by atoms with Gasteiger partial charge < -0.3 is 0 Å². The molecule has 0 aliphatic carbocycles. The van der Waals surface area contributed by atoms with Crippen LogP contribution in [0.15, 0.2) is 48.7 Å². The lowest BCUT2D eigenvalue weighted by Crippen LogP contribution is -1.98. The molecule has 0 amide bonds. The van der Waals surface area contributed by atoms with E-state index in [0.717, 1.165) is 22.3 Å². The van der Waals surface area contributed by atoms with Crippen LogP contribution in [0.2, 0.25) is 0 Å². The maximum Gasteiger partial charge on any atom is 0.125 e. The molecule has 3 aromatic rings. The Bertz CT molecular complexity index is 752. The molecule has 0 bridgehead atoms. The summed E-state index contributed by atoms with van der Waals surface area (Å²) in [6.45, 7) is 4.25. The molecule has 0 fully saturated rings. The Kier molecular flexibility index (Phi) is 3.18. The molecule has 3 rings (SSSR count). The Morgan fingerprint density at radius 2 is 1.90 bits per heavy atom. The Labute approximate surface area is 117 Å². The first-order chi connectivity index (χ1) is 9.65. The summed E-state index contributed by atoms with van der Waals surface area (Å²) in [5, 5.41) is 0.954. The summed E-state index contributed by atoms with van der Waals surface area (Å²) in [4.78, 5) is 8.99. The van der Waals surface area contributed by atoms with Gasteiger partial charge in [-0.05, 0) is 41.8 Å². The zero-order valence-corrected chi connectivity index (χ0v) is 11.5. The molecule has 100 valence electrons. The van der Waals surface area contributed by atoms with Crippen LogP contribution in [-0.4, -0.2) is 9.97 Å². The number of hydrogen-bond donors (Lipinski definition) is 0. The quantitative estimate of drug-likeness (QED) is 0.679. The van der Waals surface area contributed by atoms with Crippen molar-refractivity contribution in [3.05, 3.63) is 60.0 Å². The second kappa shape index (κ2) is 5.00. The van der Waals surface area contributed by atoms with Gasteiger partial charge in [0.05, 0.1) is 16.9 Å². The van der Waals surface area contributed by atoms with Crippen molar-refractivity contribution in [3.63, 3.8) is 0 Å². The third-order valence-corrected chi connectivity index (χ3v) is 3.34. The minimum absolute atomic E-state index is 0.269. The number of aromatic nitrogens is 2. The monoisotopic (exact) mass is 266 g/mol. The number of pyridine rings is 2. The van der Waals surface area contributed by atoms with Crippen LogP contribution in [0.4, 0.5) is 4.39 Å².